The van der Waals surface area contributed by atoms with E-state index in [0.29, 0.717) is 38.7 Å². The van der Waals surface area contributed by atoms with Gasteiger partial charge in [-0.2, -0.15) is 0 Å². The maximum Gasteiger partial charge on any atom is 0.297 e. The van der Waals surface area contributed by atoms with Crippen LogP contribution < -0.4 is 20.5 Å². The molecule has 0 fully saturated rings. The second kappa shape index (κ2) is 10.9. The van der Waals surface area contributed by atoms with E-state index in [1.807, 2.05) is 6.92 Å². The van der Waals surface area contributed by atoms with Crippen molar-refractivity contribution in [2.24, 2.45) is 5.92 Å². The summed E-state index contributed by atoms with van der Waals surface area (Å²) in [6.45, 7) is 4.15. The highest BCUT2D eigenvalue weighted by Crippen LogP contribution is 2.27. The van der Waals surface area contributed by atoms with E-state index in [9.17, 15) is 14.4 Å². The molecule has 0 aliphatic carbocycles. The largest absolute Gasteiger partial charge is 0.491 e. The van der Waals surface area contributed by atoms with Gasteiger partial charge >= 0.3 is 0 Å². The Hall–Kier alpha value is -2.81. The zero-order valence-electron chi connectivity index (χ0n) is 18.3. The number of ether oxygens (including phenoxy) is 1. The van der Waals surface area contributed by atoms with Crippen molar-refractivity contribution in [2.45, 2.75) is 13.8 Å². The molecule has 10 heteroatoms. The van der Waals surface area contributed by atoms with Gasteiger partial charge in [-0.25, -0.2) is 0 Å². The van der Waals surface area contributed by atoms with Crippen molar-refractivity contribution < 1.29 is 14.3 Å². The molecule has 2 amide bonds. The van der Waals surface area contributed by atoms with Crippen LogP contribution in [0, 0.1) is 5.92 Å². The monoisotopic (exact) mass is 507 g/mol. The summed E-state index contributed by atoms with van der Waals surface area (Å²) in [5.74, 6) is -0.207. The summed E-state index contributed by atoms with van der Waals surface area (Å²) in [6, 6.07) is 11.7. The number of nitrogens with one attached hydrogen (secondary N) is 1. The molecule has 7 nitrogen and oxygen atoms in total. The number of aromatic nitrogens is 1. The third-order valence-electron chi connectivity index (χ3n) is 4.92. The molecule has 0 radical (unpaired) electrons. The SMILES string of the molecule is COc1cccn(-c2ccc(N(C[C@@H](C)CNC(=O)c3ccc(Cl)s3)C(C)=O)cc2Cl)c1=O. The van der Waals surface area contributed by atoms with E-state index in [0.717, 1.165) is 0 Å². The standard InChI is InChI=1S/C23H23Cl2N3O4S/c1-14(12-26-22(30)20-8-9-21(25)33-20)13-28(15(2)29)16-6-7-18(17(24)11-16)27-10-4-5-19(32-3)23(27)31/h4-11,14H,12-13H2,1-3H3,(H,26,30)/t14-/m0/s1. The highest BCUT2D eigenvalue weighted by atomic mass is 35.5. The summed E-state index contributed by atoms with van der Waals surface area (Å²) in [7, 11) is 1.43. The number of thiophene rings is 1. The number of amides is 2. The van der Waals surface area contributed by atoms with E-state index < -0.39 is 0 Å². The van der Waals surface area contributed by atoms with Gasteiger partial charge in [-0.1, -0.05) is 30.1 Å². The quantitative estimate of drug-likeness (QED) is 0.481. The Kier molecular flexibility index (Phi) is 8.18. The van der Waals surface area contributed by atoms with Crippen LogP contribution in [0.4, 0.5) is 5.69 Å². The molecular formula is C23H23Cl2N3O4S. The van der Waals surface area contributed by atoms with Gasteiger partial charge in [0.05, 0.1) is 27.0 Å². The van der Waals surface area contributed by atoms with E-state index in [1.165, 1.54) is 29.9 Å². The first kappa shape index (κ1) is 24.8. The van der Waals surface area contributed by atoms with Crippen LogP contribution in [0.1, 0.15) is 23.5 Å². The molecule has 1 atom stereocenters. The van der Waals surface area contributed by atoms with Crippen LogP contribution in [0.5, 0.6) is 5.75 Å². The highest BCUT2D eigenvalue weighted by Gasteiger charge is 2.18. The molecule has 1 aromatic carbocycles. The number of methoxy groups -OCH3 is 1. The normalized spacial score (nSPS) is 11.7. The van der Waals surface area contributed by atoms with Gasteiger partial charge in [-0.3, -0.25) is 19.0 Å². The number of carbonyl (C=O) groups excluding carboxylic acids is 2. The lowest BCUT2D eigenvalue weighted by molar-refractivity contribution is -0.116. The molecule has 0 aliphatic heterocycles. The van der Waals surface area contributed by atoms with Crippen LogP contribution in [0.3, 0.4) is 0 Å². The van der Waals surface area contributed by atoms with Crippen LogP contribution in [0.25, 0.3) is 5.69 Å². The van der Waals surface area contributed by atoms with Crippen molar-refractivity contribution in [3.63, 3.8) is 0 Å². The molecule has 0 saturated carbocycles. The summed E-state index contributed by atoms with van der Waals surface area (Å²) in [6.07, 6.45) is 1.60. The highest BCUT2D eigenvalue weighted by molar-refractivity contribution is 7.18. The molecule has 2 heterocycles. The van der Waals surface area contributed by atoms with E-state index in [2.05, 4.69) is 5.32 Å². The molecule has 2 aromatic heterocycles. The summed E-state index contributed by atoms with van der Waals surface area (Å²) >= 11 is 13.6. The topological polar surface area (TPSA) is 80.6 Å². The van der Waals surface area contributed by atoms with Gasteiger partial charge in [-0.05, 0) is 48.4 Å². The summed E-state index contributed by atoms with van der Waals surface area (Å²) in [4.78, 5) is 39.3. The van der Waals surface area contributed by atoms with Gasteiger partial charge < -0.3 is 15.0 Å². The number of halogens is 2. The molecule has 1 N–H and O–H groups in total. The van der Waals surface area contributed by atoms with Crippen LogP contribution in [0.2, 0.25) is 9.36 Å². The Morgan fingerprint density at radius 2 is 1.97 bits per heavy atom. The summed E-state index contributed by atoms with van der Waals surface area (Å²) in [5, 5.41) is 3.18. The molecule has 0 spiro atoms. The molecular weight excluding hydrogens is 485 g/mol. The Labute approximate surface area is 205 Å². The van der Waals surface area contributed by atoms with Crippen LogP contribution in [-0.4, -0.2) is 36.6 Å². The number of pyridine rings is 1. The Morgan fingerprint density at radius 3 is 2.58 bits per heavy atom. The fraction of sp³-hybridized carbons (Fsp3) is 0.261. The number of rotatable bonds is 8. The zero-order chi connectivity index (χ0) is 24.1. The second-order valence-electron chi connectivity index (χ2n) is 7.44. The molecule has 3 aromatic rings. The third-order valence-corrected chi connectivity index (χ3v) is 6.45. The Bertz CT molecular complexity index is 1220. The van der Waals surface area contributed by atoms with E-state index in [-0.39, 0.29) is 29.0 Å². The molecule has 0 unspecified atom stereocenters. The number of carbonyl (C=O) groups is 2. The maximum atomic E-state index is 12.5. The van der Waals surface area contributed by atoms with E-state index >= 15 is 0 Å². The van der Waals surface area contributed by atoms with Gasteiger partial charge in [0.1, 0.15) is 0 Å². The van der Waals surface area contributed by atoms with Crippen molar-refractivity contribution >= 4 is 52.0 Å². The first-order valence-electron chi connectivity index (χ1n) is 10.1. The molecule has 0 saturated heterocycles. The Morgan fingerprint density at radius 1 is 1.21 bits per heavy atom. The lowest BCUT2D eigenvalue weighted by Gasteiger charge is -2.25. The molecule has 174 valence electrons. The van der Waals surface area contributed by atoms with E-state index in [4.69, 9.17) is 27.9 Å². The first-order valence-corrected chi connectivity index (χ1v) is 11.7. The first-order chi connectivity index (χ1) is 15.7. The van der Waals surface area contributed by atoms with Crippen molar-refractivity contribution in [1.82, 2.24) is 9.88 Å². The third kappa shape index (κ3) is 5.96. The summed E-state index contributed by atoms with van der Waals surface area (Å²) < 4.78 is 7.02. The average Bonchev–Trinajstić information content (AvgIpc) is 3.22. The van der Waals surface area contributed by atoms with Crippen molar-refractivity contribution in [3.05, 3.63) is 73.3 Å². The zero-order valence-corrected chi connectivity index (χ0v) is 20.6. The lowest BCUT2D eigenvalue weighted by Crippen LogP contribution is -2.37. The van der Waals surface area contributed by atoms with Gasteiger partial charge in [0.2, 0.25) is 5.91 Å². The number of nitrogens with zero attached hydrogens (tertiary/aromatic N) is 2. The maximum absolute atomic E-state index is 12.5. The van der Waals surface area contributed by atoms with Gasteiger partial charge in [0, 0.05) is 31.9 Å². The predicted octanol–water partition coefficient (Wildman–Crippen LogP) is 4.63. The van der Waals surface area contributed by atoms with Gasteiger partial charge in [-0.15, -0.1) is 11.3 Å². The molecule has 0 aliphatic rings. The van der Waals surface area contributed by atoms with Crippen molar-refractivity contribution in [1.29, 1.82) is 0 Å². The minimum Gasteiger partial charge on any atom is -0.491 e. The second-order valence-corrected chi connectivity index (χ2v) is 9.56. The number of anilines is 1. The minimum absolute atomic E-state index is 0.0345. The lowest BCUT2D eigenvalue weighted by atomic mass is 10.1. The molecule has 0 bridgehead atoms. The smallest absolute Gasteiger partial charge is 0.297 e. The molecule has 3 rings (SSSR count). The van der Waals surface area contributed by atoms with E-state index in [1.54, 1.807) is 53.6 Å². The number of benzene rings is 1. The van der Waals surface area contributed by atoms with Crippen molar-refractivity contribution in [3.8, 4) is 11.4 Å². The summed E-state index contributed by atoms with van der Waals surface area (Å²) in [5.41, 5.74) is 0.729. The van der Waals surface area contributed by atoms with Gasteiger partial charge in [0.25, 0.3) is 11.5 Å². The van der Waals surface area contributed by atoms with Crippen LogP contribution in [-0.2, 0) is 4.79 Å². The van der Waals surface area contributed by atoms with Gasteiger partial charge in [0.15, 0.2) is 5.75 Å². The van der Waals surface area contributed by atoms with Crippen LogP contribution in [0.15, 0.2) is 53.5 Å². The fourth-order valence-electron chi connectivity index (χ4n) is 3.26. The number of hydrogen-bond acceptors (Lipinski definition) is 5. The minimum atomic E-state index is -0.338. The fourth-order valence-corrected chi connectivity index (χ4v) is 4.49. The number of hydrogen-bond donors (Lipinski definition) is 1. The predicted molar refractivity (Wildman–Crippen MR) is 132 cm³/mol. The average molecular weight is 508 g/mol. The van der Waals surface area contributed by atoms with Crippen LogP contribution >= 0.6 is 34.5 Å². The van der Waals surface area contributed by atoms with Crippen molar-refractivity contribution in [2.75, 3.05) is 25.1 Å². The Balaban J connectivity index is 1.74. The molecule has 33 heavy (non-hydrogen) atoms.